The van der Waals surface area contributed by atoms with E-state index in [1.165, 1.54) is 12.1 Å². The van der Waals surface area contributed by atoms with Gasteiger partial charge in [0.15, 0.2) is 5.78 Å². The van der Waals surface area contributed by atoms with Crippen LogP contribution in [0.1, 0.15) is 38.4 Å². The summed E-state index contributed by atoms with van der Waals surface area (Å²) in [5.41, 5.74) is 3.53. The number of fused-ring (bicyclic) bond motifs is 1. The molecule has 158 valence electrons. The Morgan fingerprint density at radius 2 is 1.41 bits per heavy atom. The molecule has 0 aliphatic carbocycles. The second-order valence-electron chi connectivity index (χ2n) is 7.67. The fourth-order valence-corrected chi connectivity index (χ4v) is 3.37. The molecular formula is C28H22O4. The van der Waals surface area contributed by atoms with Crippen molar-refractivity contribution in [1.82, 2.24) is 0 Å². The summed E-state index contributed by atoms with van der Waals surface area (Å²) in [7, 11) is 0. The molecule has 1 N–H and O–H groups in total. The Labute approximate surface area is 185 Å². The van der Waals surface area contributed by atoms with Gasteiger partial charge in [0.1, 0.15) is 28.0 Å². The largest absolute Gasteiger partial charge is 0.507 e. The number of ketones is 1. The molecule has 0 saturated carbocycles. The van der Waals surface area contributed by atoms with Crippen molar-refractivity contribution >= 4 is 35.0 Å². The van der Waals surface area contributed by atoms with Crippen LogP contribution in [0.5, 0.6) is 5.75 Å². The SMILES string of the molecule is Cc1ccc(/C=C/C(=O)c2c(/C=C/c3ccc(C)cc3)oc3cccc(O)c3c2=O)cc1. The van der Waals surface area contributed by atoms with E-state index in [1.807, 2.05) is 62.4 Å². The minimum Gasteiger partial charge on any atom is -0.507 e. The van der Waals surface area contributed by atoms with Crippen LogP contribution in [0.3, 0.4) is 0 Å². The topological polar surface area (TPSA) is 67.5 Å². The van der Waals surface area contributed by atoms with Gasteiger partial charge in [-0.25, -0.2) is 0 Å². The van der Waals surface area contributed by atoms with Gasteiger partial charge in [-0.1, -0.05) is 77.9 Å². The van der Waals surface area contributed by atoms with Crippen LogP contribution in [-0.4, -0.2) is 10.9 Å². The fourth-order valence-electron chi connectivity index (χ4n) is 3.37. The molecule has 0 amide bonds. The quantitative estimate of drug-likeness (QED) is 0.308. The molecule has 4 rings (SSSR count). The molecule has 1 heterocycles. The summed E-state index contributed by atoms with van der Waals surface area (Å²) in [6.07, 6.45) is 6.41. The molecule has 3 aromatic carbocycles. The lowest BCUT2D eigenvalue weighted by atomic mass is 10.0. The van der Waals surface area contributed by atoms with E-state index < -0.39 is 11.2 Å². The smallest absolute Gasteiger partial charge is 0.208 e. The third-order valence-corrected chi connectivity index (χ3v) is 5.18. The van der Waals surface area contributed by atoms with Gasteiger partial charge in [-0.15, -0.1) is 0 Å². The third kappa shape index (κ3) is 4.44. The van der Waals surface area contributed by atoms with Crippen molar-refractivity contribution < 1.29 is 14.3 Å². The maximum atomic E-state index is 13.2. The first-order valence-electron chi connectivity index (χ1n) is 10.2. The summed E-state index contributed by atoms with van der Waals surface area (Å²) in [5.74, 6) is -0.567. The van der Waals surface area contributed by atoms with Gasteiger partial charge in [0.05, 0.1) is 0 Å². The molecule has 0 spiro atoms. The normalized spacial score (nSPS) is 11.6. The van der Waals surface area contributed by atoms with Gasteiger partial charge in [-0.3, -0.25) is 9.59 Å². The summed E-state index contributed by atoms with van der Waals surface area (Å²) in [4.78, 5) is 26.3. The molecule has 0 aliphatic rings. The third-order valence-electron chi connectivity index (χ3n) is 5.18. The number of hydrogen-bond acceptors (Lipinski definition) is 4. The van der Waals surface area contributed by atoms with Crippen molar-refractivity contribution in [2.24, 2.45) is 0 Å². The lowest BCUT2D eigenvalue weighted by Crippen LogP contribution is -2.16. The van der Waals surface area contributed by atoms with Gasteiger partial charge in [-0.2, -0.15) is 0 Å². The molecule has 4 aromatic rings. The highest BCUT2D eigenvalue weighted by Crippen LogP contribution is 2.25. The van der Waals surface area contributed by atoms with Gasteiger partial charge < -0.3 is 9.52 Å². The first-order chi connectivity index (χ1) is 15.4. The first-order valence-corrected chi connectivity index (χ1v) is 10.2. The molecule has 0 saturated heterocycles. The molecule has 0 aliphatic heterocycles. The second-order valence-corrected chi connectivity index (χ2v) is 7.67. The van der Waals surface area contributed by atoms with E-state index in [1.54, 1.807) is 30.4 Å². The van der Waals surface area contributed by atoms with Gasteiger partial charge in [0.2, 0.25) is 5.43 Å². The molecule has 32 heavy (non-hydrogen) atoms. The average molecular weight is 422 g/mol. The van der Waals surface area contributed by atoms with Gasteiger partial charge in [0.25, 0.3) is 0 Å². The Kier molecular flexibility index (Phi) is 5.86. The van der Waals surface area contributed by atoms with Crippen molar-refractivity contribution in [1.29, 1.82) is 0 Å². The van der Waals surface area contributed by atoms with Crippen molar-refractivity contribution in [3.63, 3.8) is 0 Å². The number of carbonyl (C=O) groups is 1. The van der Waals surface area contributed by atoms with E-state index in [-0.39, 0.29) is 28.0 Å². The highest BCUT2D eigenvalue weighted by molar-refractivity contribution is 6.10. The standard InChI is InChI=1S/C28H22O4/c1-18-6-10-20(11-7-18)14-16-23(30)27-25(17-15-21-12-8-19(2)9-13-21)32-24-5-3-4-22(29)26(24)28(27)31/h3-17,29H,1-2H3/b16-14+,17-15+. The molecule has 4 nitrogen and oxygen atoms in total. The molecular weight excluding hydrogens is 400 g/mol. The van der Waals surface area contributed by atoms with Crippen molar-refractivity contribution in [2.75, 3.05) is 0 Å². The summed E-state index contributed by atoms with van der Waals surface area (Å²) in [6, 6.07) is 20.1. The van der Waals surface area contributed by atoms with Gasteiger partial charge in [0, 0.05) is 0 Å². The van der Waals surface area contributed by atoms with Crippen LogP contribution < -0.4 is 5.43 Å². The molecule has 4 heteroatoms. The highest BCUT2D eigenvalue weighted by Gasteiger charge is 2.19. The van der Waals surface area contributed by atoms with E-state index in [4.69, 9.17) is 4.42 Å². The predicted molar refractivity (Wildman–Crippen MR) is 129 cm³/mol. The van der Waals surface area contributed by atoms with Crippen molar-refractivity contribution in [3.8, 4) is 5.75 Å². The number of phenols is 1. The predicted octanol–water partition coefficient (Wildman–Crippen LogP) is 6.18. The van der Waals surface area contributed by atoms with Crippen LogP contribution in [0.15, 0.2) is 82.0 Å². The fraction of sp³-hybridized carbons (Fsp3) is 0.0714. The highest BCUT2D eigenvalue weighted by atomic mass is 16.3. The maximum Gasteiger partial charge on any atom is 0.208 e. The number of aryl methyl sites for hydroxylation is 2. The Balaban J connectivity index is 1.81. The van der Waals surface area contributed by atoms with Crippen LogP contribution >= 0.6 is 0 Å². The Hall–Kier alpha value is -4.18. The molecule has 0 radical (unpaired) electrons. The zero-order valence-corrected chi connectivity index (χ0v) is 17.8. The number of phenolic OH excluding ortho intramolecular Hbond substituents is 1. The van der Waals surface area contributed by atoms with E-state index >= 15 is 0 Å². The van der Waals surface area contributed by atoms with Crippen LogP contribution in [0.25, 0.3) is 29.2 Å². The zero-order chi connectivity index (χ0) is 22.7. The summed E-state index contributed by atoms with van der Waals surface area (Å²) in [6.45, 7) is 3.98. The number of benzene rings is 3. The number of carbonyl (C=O) groups excluding carboxylic acids is 1. The number of aromatic hydroxyl groups is 1. The van der Waals surface area contributed by atoms with Crippen molar-refractivity contribution in [2.45, 2.75) is 13.8 Å². The average Bonchev–Trinajstić information content (AvgIpc) is 2.78. The maximum absolute atomic E-state index is 13.2. The minimum absolute atomic E-state index is 0.00734. The number of hydrogen-bond donors (Lipinski definition) is 1. The van der Waals surface area contributed by atoms with Crippen LogP contribution in [0.4, 0.5) is 0 Å². The first kappa shape index (κ1) is 21.1. The minimum atomic E-state index is -0.563. The Morgan fingerprint density at radius 1 is 0.812 bits per heavy atom. The van der Waals surface area contributed by atoms with Crippen LogP contribution in [-0.2, 0) is 0 Å². The molecule has 1 aromatic heterocycles. The molecule has 0 bridgehead atoms. The van der Waals surface area contributed by atoms with E-state index in [0.29, 0.717) is 0 Å². The second kappa shape index (κ2) is 8.90. The molecule has 0 unspecified atom stereocenters. The number of allylic oxidation sites excluding steroid dienone is 1. The summed E-state index contributed by atoms with van der Waals surface area (Å²) >= 11 is 0. The molecule has 0 fully saturated rings. The van der Waals surface area contributed by atoms with Crippen LogP contribution in [0, 0.1) is 13.8 Å². The summed E-state index contributed by atoms with van der Waals surface area (Å²) in [5, 5.41) is 10.2. The van der Waals surface area contributed by atoms with Crippen LogP contribution in [0.2, 0.25) is 0 Å². The van der Waals surface area contributed by atoms with E-state index in [0.717, 1.165) is 22.3 Å². The van der Waals surface area contributed by atoms with Gasteiger partial charge in [-0.05, 0) is 49.3 Å². The monoisotopic (exact) mass is 422 g/mol. The lowest BCUT2D eigenvalue weighted by molar-refractivity contribution is 0.104. The Morgan fingerprint density at radius 3 is 2.03 bits per heavy atom. The van der Waals surface area contributed by atoms with E-state index in [9.17, 15) is 14.7 Å². The van der Waals surface area contributed by atoms with Crippen molar-refractivity contribution in [3.05, 3.63) is 117 Å². The Bertz CT molecular complexity index is 1400. The zero-order valence-electron chi connectivity index (χ0n) is 17.8. The van der Waals surface area contributed by atoms with E-state index in [2.05, 4.69) is 0 Å². The number of rotatable bonds is 5. The lowest BCUT2D eigenvalue weighted by Gasteiger charge is -2.06. The molecule has 0 atom stereocenters. The summed E-state index contributed by atoms with van der Waals surface area (Å²) < 4.78 is 5.89. The van der Waals surface area contributed by atoms with Gasteiger partial charge >= 0.3 is 0 Å².